The van der Waals surface area contributed by atoms with Crippen molar-refractivity contribution in [2.75, 3.05) is 14.2 Å². The van der Waals surface area contributed by atoms with E-state index in [0.717, 1.165) is 0 Å². The van der Waals surface area contributed by atoms with Gasteiger partial charge in [0.15, 0.2) is 5.71 Å². The van der Waals surface area contributed by atoms with Crippen LogP contribution in [-0.4, -0.2) is 30.8 Å². The summed E-state index contributed by atoms with van der Waals surface area (Å²) >= 11 is 0. The van der Waals surface area contributed by atoms with E-state index in [4.69, 9.17) is 0 Å². The van der Waals surface area contributed by atoms with Crippen LogP contribution in [-0.2, 0) is 9.63 Å². The van der Waals surface area contributed by atoms with Crippen LogP contribution in [0.3, 0.4) is 0 Å². The van der Waals surface area contributed by atoms with Crippen molar-refractivity contribution in [2.24, 2.45) is 5.16 Å². The number of pyridine rings is 1. The quantitative estimate of drug-likeness (QED) is 0.550. The van der Waals surface area contributed by atoms with Crippen molar-refractivity contribution < 1.29 is 9.63 Å². The van der Waals surface area contributed by atoms with Crippen molar-refractivity contribution >= 4 is 11.6 Å². The summed E-state index contributed by atoms with van der Waals surface area (Å²) in [6, 6.07) is 5.22. The van der Waals surface area contributed by atoms with E-state index in [1.807, 2.05) is 0 Å². The van der Waals surface area contributed by atoms with E-state index in [1.165, 1.54) is 14.2 Å². The molecule has 1 aromatic heterocycles. The summed E-state index contributed by atoms with van der Waals surface area (Å²) in [6.45, 7) is 0. The highest BCUT2D eigenvalue weighted by Crippen LogP contribution is 1.97. The molecule has 0 saturated carbocycles. The lowest BCUT2D eigenvalue weighted by Gasteiger charge is -2.02. The highest BCUT2D eigenvalue weighted by atomic mass is 16.6. The predicted molar refractivity (Wildman–Crippen MR) is 51.8 cm³/mol. The summed E-state index contributed by atoms with van der Waals surface area (Å²) in [5.41, 5.74) is 0.643. The van der Waals surface area contributed by atoms with Crippen LogP contribution >= 0.6 is 0 Å². The zero-order chi connectivity index (χ0) is 10.4. The number of carbonyl (C=O) groups is 1. The molecule has 14 heavy (non-hydrogen) atoms. The zero-order valence-electron chi connectivity index (χ0n) is 8.02. The van der Waals surface area contributed by atoms with Crippen LogP contribution in [0.15, 0.2) is 29.6 Å². The number of hydrogen-bond acceptors (Lipinski definition) is 4. The number of nitrogens with zero attached hydrogens (tertiary/aromatic N) is 2. The lowest BCUT2D eigenvalue weighted by Crippen LogP contribution is -2.29. The van der Waals surface area contributed by atoms with Gasteiger partial charge in [0.05, 0.1) is 5.69 Å². The van der Waals surface area contributed by atoms with Gasteiger partial charge in [0, 0.05) is 13.2 Å². The molecular weight excluding hydrogens is 182 g/mol. The molecule has 0 bridgehead atoms. The minimum Gasteiger partial charge on any atom is -0.398 e. The first kappa shape index (κ1) is 10.2. The Hall–Kier alpha value is -1.91. The van der Waals surface area contributed by atoms with Crippen molar-refractivity contribution in [3.05, 3.63) is 30.1 Å². The number of carbonyl (C=O) groups excluding carboxylic acids is 1. The van der Waals surface area contributed by atoms with Gasteiger partial charge in [-0.1, -0.05) is 11.2 Å². The molecule has 0 aliphatic heterocycles. The number of oxime groups is 1. The second-order valence-corrected chi connectivity index (χ2v) is 2.42. The average Bonchev–Trinajstić information content (AvgIpc) is 2.26. The maximum Gasteiger partial charge on any atom is 0.275 e. The van der Waals surface area contributed by atoms with Gasteiger partial charge < -0.3 is 10.2 Å². The molecule has 1 N–H and O–H groups in total. The molecule has 5 heteroatoms. The van der Waals surface area contributed by atoms with Gasteiger partial charge in [-0.2, -0.15) is 0 Å². The molecule has 0 radical (unpaired) electrons. The minimum atomic E-state index is -0.328. The van der Waals surface area contributed by atoms with E-state index in [0.29, 0.717) is 5.69 Å². The molecular formula is C9H11N3O2. The molecule has 5 nitrogen and oxygen atoms in total. The summed E-state index contributed by atoms with van der Waals surface area (Å²) in [5, 5.41) is 6.07. The Balaban J connectivity index is 3.02. The van der Waals surface area contributed by atoms with Gasteiger partial charge >= 0.3 is 0 Å². The van der Waals surface area contributed by atoms with Crippen LogP contribution in [0.5, 0.6) is 0 Å². The Labute approximate surface area is 81.8 Å². The summed E-state index contributed by atoms with van der Waals surface area (Å²) in [4.78, 5) is 19.9. The second kappa shape index (κ2) is 4.96. The third kappa shape index (κ3) is 2.29. The fourth-order valence-corrected chi connectivity index (χ4v) is 0.917. The topological polar surface area (TPSA) is 63.6 Å². The number of likely N-dealkylation sites (N-methyl/N-ethyl adjacent to an activating group) is 1. The molecule has 0 aliphatic carbocycles. The van der Waals surface area contributed by atoms with Gasteiger partial charge in [0.2, 0.25) is 0 Å². The minimum absolute atomic E-state index is 0.163. The lowest BCUT2D eigenvalue weighted by atomic mass is 10.2. The van der Waals surface area contributed by atoms with Gasteiger partial charge in [0.1, 0.15) is 7.11 Å². The number of rotatable bonds is 3. The Morgan fingerprint density at radius 3 is 2.86 bits per heavy atom. The molecule has 1 amide bonds. The van der Waals surface area contributed by atoms with Crippen LogP contribution in [0.25, 0.3) is 0 Å². The van der Waals surface area contributed by atoms with Crippen molar-refractivity contribution in [1.29, 1.82) is 0 Å². The highest BCUT2D eigenvalue weighted by molar-refractivity contribution is 6.44. The Morgan fingerprint density at radius 1 is 1.57 bits per heavy atom. The van der Waals surface area contributed by atoms with E-state index in [9.17, 15) is 4.79 Å². The maximum atomic E-state index is 11.3. The zero-order valence-corrected chi connectivity index (χ0v) is 8.02. The average molecular weight is 193 g/mol. The van der Waals surface area contributed by atoms with Gasteiger partial charge in [-0.15, -0.1) is 0 Å². The number of amides is 1. The van der Waals surface area contributed by atoms with Gasteiger partial charge in [-0.25, -0.2) is 0 Å². The summed E-state index contributed by atoms with van der Waals surface area (Å²) in [5.74, 6) is -0.328. The molecule has 0 atom stereocenters. The molecule has 1 aromatic rings. The van der Waals surface area contributed by atoms with Crippen LogP contribution in [0.2, 0.25) is 0 Å². The van der Waals surface area contributed by atoms with Gasteiger partial charge in [-0.05, 0) is 12.1 Å². The van der Waals surface area contributed by atoms with E-state index < -0.39 is 0 Å². The standard InChI is InChI=1S/C9H11N3O2/c1-10-9(13)8(12-14-2)7-5-3-4-6-11-7/h3-6H,1-2H3,(H,10,13). The van der Waals surface area contributed by atoms with Crippen LogP contribution in [0, 0.1) is 0 Å². The first-order valence-electron chi connectivity index (χ1n) is 4.04. The molecule has 0 aliphatic rings. The van der Waals surface area contributed by atoms with Gasteiger partial charge in [-0.3, -0.25) is 9.78 Å². The lowest BCUT2D eigenvalue weighted by molar-refractivity contribution is -0.114. The molecule has 0 fully saturated rings. The highest BCUT2D eigenvalue weighted by Gasteiger charge is 2.13. The van der Waals surface area contributed by atoms with Crippen LogP contribution in [0.4, 0.5) is 0 Å². The maximum absolute atomic E-state index is 11.3. The van der Waals surface area contributed by atoms with Crippen LogP contribution < -0.4 is 5.32 Å². The third-order valence-electron chi connectivity index (χ3n) is 1.53. The molecule has 1 heterocycles. The summed E-state index contributed by atoms with van der Waals surface area (Å²) in [6.07, 6.45) is 1.59. The van der Waals surface area contributed by atoms with Crippen molar-refractivity contribution in [2.45, 2.75) is 0 Å². The molecule has 74 valence electrons. The van der Waals surface area contributed by atoms with E-state index in [2.05, 4.69) is 20.3 Å². The first-order valence-corrected chi connectivity index (χ1v) is 4.04. The Bertz CT molecular complexity index is 335. The summed E-state index contributed by atoms with van der Waals surface area (Å²) < 4.78 is 0. The smallest absolute Gasteiger partial charge is 0.275 e. The largest absolute Gasteiger partial charge is 0.398 e. The molecule has 1 rings (SSSR count). The van der Waals surface area contributed by atoms with E-state index >= 15 is 0 Å². The third-order valence-corrected chi connectivity index (χ3v) is 1.53. The molecule has 0 spiro atoms. The molecule has 0 unspecified atom stereocenters. The number of aromatic nitrogens is 1. The Morgan fingerprint density at radius 2 is 2.36 bits per heavy atom. The van der Waals surface area contributed by atoms with Crippen LogP contribution in [0.1, 0.15) is 5.69 Å². The van der Waals surface area contributed by atoms with Gasteiger partial charge in [0.25, 0.3) is 5.91 Å². The monoisotopic (exact) mass is 193 g/mol. The summed E-state index contributed by atoms with van der Waals surface area (Å²) in [7, 11) is 2.91. The van der Waals surface area contributed by atoms with E-state index in [1.54, 1.807) is 24.4 Å². The second-order valence-electron chi connectivity index (χ2n) is 2.42. The fraction of sp³-hybridized carbons (Fsp3) is 0.222. The number of hydrogen-bond donors (Lipinski definition) is 1. The SMILES string of the molecule is CNC(=O)C(=NOC)c1ccccn1. The fourth-order valence-electron chi connectivity index (χ4n) is 0.917. The van der Waals surface area contributed by atoms with Crippen molar-refractivity contribution in [3.63, 3.8) is 0 Å². The normalized spacial score (nSPS) is 10.9. The van der Waals surface area contributed by atoms with Crippen molar-refractivity contribution in [1.82, 2.24) is 10.3 Å². The first-order chi connectivity index (χ1) is 6.79. The number of nitrogens with one attached hydrogen (secondary N) is 1. The Kier molecular flexibility index (Phi) is 3.60. The molecule has 0 saturated heterocycles. The molecule has 0 aromatic carbocycles. The predicted octanol–water partition coefficient (Wildman–Crippen LogP) is 0.178. The van der Waals surface area contributed by atoms with E-state index in [-0.39, 0.29) is 11.6 Å². The van der Waals surface area contributed by atoms with Crippen molar-refractivity contribution in [3.8, 4) is 0 Å².